The van der Waals surface area contributed by atoms with E-state index in [0.717, 1.165) is 18.4 Å². The van der Waals surface area contributed by atoms with E-state index in [1.807, 2.05) is 25.1 Å². The molecule has 0 saturated carbocycles. The maximum absolute atomic E-state index is 11.0. The number of methoxy groups -OCH3 is 2. The Morgan fingerprint density at radius 3 is 2.48 bits per heavy atom. The predicted molar refractivity (Wildman–Crippen MR) is 81.9 cm³/mol. The highest BCUT2D eigenvalue weighted by Crippen LogP contribution is 2.29. The average molecular weight is 295 g/mol. The van der Waals surface area contributed by atoms with Gasteiger partial charge in [-0.25, -0.2) is 0 Å². The topological polar surface area (TPSA) is 81.8 Å². The van der Waals surface area contributed by atoms with E-state index >= 15 is 0 Å². The molecule has 0 fully saturated rings. The molecule has 1 aromatic rings. The van der Waals surface area contributed by atoms with Crippen LogP contribution < -0.4 is 15.2 Å². The second kappa shape index (κ2) is 7.31. The summed E-state index contributed by atoms with van der Waals surface area (Å²) in [5, 5.41) is 9.05. The summed E-state index contributed by atoms with van der Waals surface area (Å²) in [4.78, 5) is 11.0. The summed E-state index contributed by atoms with van der Waals surface area (Å²) >= 11 is 0. The number of aryl methyl sites for hydroxylation is 1. The first kappa shape index (κ1) is 17.3. The number of hydrogen-bond acceptors (Lipinski definition) is 4. The van der Waals surface area contributed by atoms with Crippen LogP contribution in [0, 0.1) is 5.92 Å². The second-order valence-electron chi connectivity index (χ2n) is 5.76. The molecule has 0 radical (unpaired) electrons. The lowest BCUT2D eigenvalue weighted by Crippen LogP contribution is -2.46. The third-order valence-electron chi connectivity index (χ3n) is 3.63. The van der Waals surface area contributed by atoms with Crippen LogP contribution in [-0.4, -0.2) is 30.8 Å². The van der Waals surface area contributed by atoms with Gasteiger partial charge in [0.15, 0.2) is 11.5 Å². The fraction of sp³-hybridized carbons (Fsp3) is 0.562. The Balaban J connectivity index is 2.61. The lowest BCUT2D eigenvalue weighted by Gasteiger charge is -2.23. The van der Waals surface area contributed by atoms with Crippen molar-refractivity contribution in [2.24, 2.45) is 11.7 Å². The van der Waals surface area contributed by atoms with Gasteiger partial charge in [0, 0.05) is 0 Å². The molecule has 2 atom stereocenters. The number of rotatable bonds is 8. The fourth-order valence-corrected chi connectivity index (χ4v) is 2.36. The van der Waals surface area contributed by atoms with Crippen LogP contribution in [-0.2, 0) is 11.2 Å². The second-order valence-corrected chi connectivity index (χ2v) is 5.76. The van der Waals surface area contributed by atoms with Gasteiger partial charge in [-0.15, -0.1) is 0 Å². The van der Waals surface area contributed by atoms with Crippen molar-refractivity contribution >= 4 is 5.97 Å². The fourth-order valence-electron chi connectivity index (χ4n) is 2.36. The molecule has 5 nitrogen and oxygen atoms in total. The van der Waals surface area contributed by atoms with E-state index in [2.05, 4.69) is 0 Å². The standard InChI is InChI=1S/C16H25NO4/c1-11(10-16(2,17)15(18)19)5-6-12-7-8-13(20-3)14(9-12)21-4/h7-9,11H,5-6,10,17H2,1-4H3,(H,18,19). The number of benzene rings is 1. The molecule has 1 rings (SSSR count). The Kier molecular flexibility index (Phi) is 6.03. The first-order chi connectivity index (χ1) is 9.80. The van der Waals surface area contributed by atoms with E-state index in [-0.39, 0.29) is 5.92 Å². The van der Waals surface area contributed by atoms with Gasteiger partial charge < -0.3 is 20.3 Å². The van der Waals surface area contributed by atoms with Gasteiger partial charge in [-0.1, -0.05) is 13.0 Å². The zero-order chi connectivity index (χ0) is 16.0. The molecule has 0 saturated heterocycles. The van der Waals surface area contributed by atoms with Crippen molar-refractivity contribution in [3.8, 4) is 11.5 Å². The Morgan fingerprint density at radius 2 is 1.95 bits per heavy atom. The SMILES string of the molecule is COc1ccc(CCC(C)CC(C)(N)C(=O)O)cc1OC. The van der Waals surface area contributed by atoms with Gasteiger partial charge in [-0.2, -0.15) is 0 Å². The van der Waals surface area contributed by atoms with Gasteiger partial charge in [0.1, 0.15) is 5.54 Å². The van der Waals surface area contributed by atoms with Crippen LogP contribution in [0.4, 0.5) is 0 Å². The molecule has 1 aromatic carbocycles. The van der Waals surface area contributed by atoms with Crippen molar-refractivity contribution in [1.82, 2.24) is 0 Å². The molecule has 5 heteroatoms. The van der Waals surface area contributed by atoms with Crippen LogP contribution in [0.5, 0.6) is 11.5 Å². The summed E-state index contributed by atoms with van der Waals surface area (Å²) in [7, 11) is 3.21. The minimum Gasteiger partial charge on any atom is -0.493 e. The Bertz CT molecular complexity index is 485. The molecule has 0 aliphatic rings. The highest BCUT2D eigenvalue weighted by Gasteiger charge is 2.29. The summed E-state index contributed by atoms with van der Waals surface area (Å²) in [6.45, 7) is 3.58. The quantitative estimate of drug-likeness (QED) is 0.770. The average Bonchev–Trinajstić information content (AvgIpc) is 2.44. The molecule has 0 bridgehead atoms. The molecule has 0 aromatic heterocycles. The number of carbonyl (C=O) groups is 1. The summed E-state index contributed by atoms with van der Waals surface area (Å²) in [6.07, 6.45) is 2.17. The monoisotopic (exact) mass is 295 g/mol. The van der Waals surface area contributed by atoms with Crippen LogP contribution in [0.3, 0.4) is 0 Å². The minimum atomic E-state index is -1.17. The molecular weight excluding hydrogens is 270 g/mol. The molecule has 0 aliphatic carbocycles. The number of nitrogens with two attached hydrogens (primary N) is 1. The predicted octanol–water partition coefficient (Wildman–Crippen LogP) is 2.46. The Labute approximate surface area is 126 Å². The van der Waals surface area contributed by atoms with E-state index in [1.54, 1.807) is 21.1 Å². The summed E-state index contributed by atoms with van der Waals surface area (Å²) in [5.41, 5.74) is 5.74. The normalized spacial score (nSPS) is 15.1. The largest absolute Gasteiger partial charge is 0.493 e. The number of hydrogen-bond donors (Lipinski definition) is 2. The van der Waals surface area contributed by atoms with E-state index < -0.39 is 11.5 Å². The van der Waals surface area contributed by atoms with Crippen molar-refractivity contribution < 1.29 is 19.4 Å². The van der Waals surface area contributed by atoms with Crippen molar-refractivity contribution in [2.75, 3.05) is 14.2 Å². The molecule has 0 amide bonds. The molecule has 118 valence electrons. The third kappa shape index (κ3) is 4.93. The summed E-state index contributed by atoms with van der Waals surface area (Å²) in [5.74, 6) is 0.677. The van der Waals surface area contributed by atoms with Gasteiger partial charge in [-0.05, 0) is 49.8 Å². The first-order valence-electron chi connectivity index (χ1n) is 7.03. The summed E-state index contributed by atoms with van der Waals surface area (Å²) < 4.78 is 10.5. The molecular formula is C16H25NO4. The highest BCUT2D eigenvalue weighted by molar-refractivity contribution is 5.77. The van der Waals surface area contributed by atoms with E-state index in [9.17, 15) is 4.79 Å². The van der Waals surface area contributed by atoms with E-state index in [0.29, 0.717) is 17.9 Å². The van der Waals surface area contributed by atoms with Gasteiger partial charge >= 0.3 is 5.97 Å². The molecule has 0 spiro atoms. The van der Waals surface area contributed by atoms with Crippen molar-refractivity contribution in [3.63, 3.8) is 0 Å². The van der Waals surface area contributed by atoms with Crippen molar-refractivity contribution in [1.29, 1.82) is 0 Å². The highest BCUT2D eigenvalue weighted by atomic mass is 16.5. The molecule has 2 unspecified atom stereocenters. The Hall–Kier alpha value is -1.75. The molecule has 3 N–H and O–H groups in total. The van der Waals surface area contributed by atoms with Crippen LogP contribution in [0.15, 0.2) is 18.2 Å². The summed E-state index contributed by atoms with van der Waals surface area (Å²) in [6, 6.07) is 5.82. The van der Waals surface area contributed by atoms with Crippen LogP contribution >= 0.6 is 0 Å². The van der Waals surface area contributed by atoms with Crippen LogP contribution in [0.2, 0.25) is 0 Å². The number of carboxylic acid groups (broad SMARTS) is 1. The van der Waals surface area contributed by atoms with Crippen LogP contribution in [0.25, 0.3) is 0 Å². The van der Waals surface area contributed by atoms with E-state index in [4.69, 9.17) is 20.3 Å². The first-order valence-corrected chi connectivity index (χ1v) is 7.03. The lowest BCUT2D eigenvalue weighted by molar-refractivity contribution is -0.143. The van der Waals surface area contributed by atoms with Crippen LogP contribution in [0.1, 0.15) is 32.3 Å². The van der Waals surface area contributed by atoms with Crippen molar-refractivity contribution in [2.45, 2.75) is 38.6 Å². The third-order valence-corrected chi connectivity index (χ3v) is 3.63. The molecule has 0 aliphatic heterocycles. The van der Waals surface area contributed by atoms with E-state index in [1.165, 1.54) is 0 Å². The molecule has 0 heterocycles. The maximum Gasteiger partial charge on any atom is 0.323 e. The number of ether oxygens (including phenoxy) is 2. The maximum atomic E-state index is 11.0. The zero-order valence-corrected chi connectivity index (χ0v) is 13.2. The van der Waals surface area contributed by atoms with Gasteiger partial charge in [0.05, 0.1) is 14.2 Å². The minimum absolute atomic E-state index is 0.226. The number of carboxylic acids is 1. The lowest BCUT2D eigenvalue weighted by atomic mass is 9.87. The number of aliphatic carboxylic acids is 1. The zero-order valence-electron chi connectivity index (χ0n) is 13.2. The van der Waals surface area contributed by atoms with Gasteiger partial charge in [0.25, 0.3) is 0 Å². The Morgan fingerprint density at radius 1 is 1.33 bits per heavy atom. The van der Waals surface area contributed by atoms with Gasteiger partial charge in [0.2, 0.25) is 0 Å². The molecule has 21 heavy (non-hydrogen) atoms. The van der Waals surface area contributed by atoms with Gasteiger partial charge in [-0.3, -0.25) is 4.79 Å². The van der Waals surface area contributed by atoms with Crippen molar-refractivity contribution in [3.05, 3.63) is 23.8 Å². The smallest absolute Gasteiger partial charge is 0.323 e.